The van der Waals surface area contributed by atoms with E-state index in [-0.39, 0.29) is 5.41 Å². The Morgan fingerprint density at radius 3 is 2.31 bits per heavy atom. The Balaban J connectivity index is 3.46. The fourth-order valence-corrected chi connectivity index (χ4v) is 1.37. The predicted molar refractivity (Wildman–Crippen MR) is 69.2 cm³/mol. The number of hydrogen-bond donors (Lipinski definition) is 3. The van der Waals surface area contributed by atoms with Crippen molar-refractivity contribution in [2.24, 2.45) is 11.1 Å². The third kappa shape index (κ3) is 8.05. The summed E-state index contributed by atoms with van der Waals surface area (Å²) >= 11 is 0. The van der Waals surface area contributed by atoms with Crippen LogP contribution in [0.2, 0.25) is 0 Å². The van der Waals surface area contributed by atoms with Gasteiger partial charge in [-0.15, -0.1) is 0 Å². The van der Waals surface area contributed by atoms with E-state index in [1.807, 2.05) is 20.8 Å². The fourth-order valence-electron chi connectivity index (χ4n) is 1.37. The Labute approximate surface area is 100 Å². The molecular weight excluding hydrogens is 202 g/mol. The molecule has 0 aromatic rings. The highest BCUT2D eigenvalue weighted by Crippen LogP contribution is 2.16. The molecule has 0 aliphatic heterocycles. The molecule has 0 aliphatic carbocycles. The molecule has 0 saturated carbocycles. The van der Waals surface area contributed by atoms with Crippen molar-refractivity contribution in [1.82, 2.24) is 10.2 Å². The minimum atomic E-state index is -0.429. The average Bonchev–Trinajstić information content (AvgIpc) is 2.19. The zero-order valence-corrected chi connectivity index (χ0v) is 11.3. The van der Waals surface area contributed by atoms with Crippen LogP contribution in [0.3, 0.4) is 0 Å². The average molecular weight is 231 g/mol. The van der Waals surface area contributed by atoms with Gasteiger partial charge in [0.05, 0.1) is 0 Å². The van der Waals surface area contributed by atoms with Gasteiger partial charge in [0.2, 0.25) is 0 Å². The van der Waals surface area contributed by atoms with E-state index in [4.69, 9.17) is 5.73 Å². The fraction of sp³-hybridized carbons (Fsp3) is 1.00. The molecule has 4 heteroatoms. The topological polar surface area (TPSA) is 61.5 Å². The smallest absolute Gasteiger partial charge is 0.109 e. The molecule has 0 saturated heterocycles. The molecule has 0 amide bonds. The molecule has 0 heterocycles. The van der Waals surface area contributed by atoms with Gasteiger partial charge in [-0.2, -0.15) is 0 Å². The highest BCUT2D eigenvalue weighted by atomic mass is 16.3. The number of hydrogen-bond acceptors (Lipinski definition) is 4. The van der Waals surface area contributed by atoms with Crippen molar-refractivity contribution >= 4 is 0 Å². The van der Waals surface area contributed by atoms with Crippen LogP contribution in [0.4, 0.5) is 0 Å². The lowest BCUT2D eigenvalue weighted by atomic mass is 9.94. The van der Waals surface area contributed by atoms with Gasteiger partial charge in [0.25, 0.3) is 0 Å². The van der Waals surface area contributed by atoms with Gasteiger partial charge < -0.3 is 15.7 Å². The van der Waals surface area contributed by atoms with Crippen molar-refractivity contribution in [3.8, 4) is 0 Å². The Bertz CT molecular complexity index is 168. The lowest BCUT2D eigenvalue weighted by Crippen LogP contribution is -2.41. The second-order valence-corrected chi connectivity index (χ2v) is 5.52. The Kier molecular flexibility index (Phi) is 7.93. The van der Waals surface area contributed by atoms with Crippen molar-refractivity contribution in [1.29, 1.82) is 0 Å². The monoisotopic (exact) mass is 231 g/mol. The van der Waals surface area contributed by atoms with Crippen LogP contribution in [-0.2, 0) is 0 Å². The summed E-state index contributed by atoms with van der Waals surface area (Å²) in [7, 11) is 2.11. The van der Waals surface area contributed by atoms with E-state index < -0.39 is 6.23 Å². The first kappa shape index (κ1) is 15.8. The van der Waals surface area contributed by atoms with Crippen molar-refractivity contribution in [3.05, 3.63) is 0 Å². The number of nitrogens with zero attached hydrogens (tertiary/aromatic N) is 1. The molecule has 1 unspecified atom stereocenters. The van der Waals surface area contributed by atoms with Crippen LogP contribution < -0.4 is 11.1 Å². The number of rotatable bonds is 8. The highest BCUT2D eigenvalue weighted by Gasteiger charge is 2.20. The van der Waals surface area contributed by atoms with Gasteiger partial charge in [0.15, 0.2) is 0 Å². The summed E-state index contributed by atoms with van der Waals surface area (Å²) in [6, 6.07) is 0. The number of aliphatic hydroxyl groups is 1. The molecule has 0 aliphatic rings. The van der Waals surface area contributed by atoms with E-state index >= 15 is 0 Å². The normalized spacial score (nSPS) is 14.4. The Morgan fingerprint density at radius 2 is 1.81 bits per heavy atom. The van der Waals surface area contributed by atoms with E-state index in [0.717, 1.165) is 39.0 Å². The van der Waals surface area contributed by atoms with Crippen LogP contribution in [0.1, 0.15) is 33.6 Å². The molecule has 0 spiro atoms. The molecule has 0 fully saturated rings. The molecule has 98 valence electrons. The highest BCUT2D eigenvalue weighted by molar-refractivity contribution is 4.70. The molecule has 0 aromatic heterocycles. The summed E-state index contributed by atoms with van der Waals surface area (Å²) in [5.41, 5.74) is 5.36. The van der Waals surface area contributed by atoms with Gasteiger partial charge in [0, 0.05) is 5.41 Å². The van der Waals surface area contributed by atoms with Crippen LogP contribution in [0.25, 0.3) is 0 Å². The minimum absolute atomic E-state index is 0.0918. The van der Waals surface area contributed by atoms with E-state index in [1.54, 1.807) is 0 Å². The number of nitrogens with one attached hydrogen (secondary N) is 1. The van der Waals surface area contributed by atoms with Crippen LogP contribution in [0, 0.1) is 5.41 Å². The van der Waals surface area contributed by atoms with E-state index in [0.29, 0.717) is 0 Å². The maximum absolute atomic E-state index is 9.75. The van der Waals surface area contributed by atoms with Crippen molar-refractivity contribution in [3.63, 3.8) is 0 Å². The zero-order valence-electron chi connectivity index (χ0n) is 11.3. The molecule has 0 rings (SSSR count). The predicted octanol–water partition coefficient (Wildman–Crippen LogP) is 0.611. The quantitative estimate of drug-likeness (QED) is 0.423. The molecule has 0 bridgehead atoms. The summed E-state index contributed by atoms with van der Waals surface area (Å²) in [5, 5.41) is 12.9. The summed E-state index contributed by atoms with van der Waals surface area (Å²) in [4.78, 5) is 2.28. The molecule has 0 radical (unpaired) electrons. The lowest BCUT2D eigenvalue weighted by molar-refractivity contribution is 0.0329. The zero-order chi connectivity index (χ0) is 12.6. The maximum Gasteiger partial charge on any atom is 0.109 e. The van der Waals surface area contributed by atoms with E-state index in [2.05, 4.69) is 17.3 Å². The number of aliphatic hydroxyl groups excluding tert-OH is 1. The molecule has 16 heavy (non-hydrogen) atoms. The third-order valence-corrected chi connectivity index (χ3v) is 2.62. The Morgan fingerprint density at radius 1 is 1.25 bits per heavy atom. The SMILES string of the molecule is CN(CCCN)CCCNC(O)C(C)(C)C. The van der Waals surface area contributed by atoms with Crippen LogP contribution in [-0.4, -0.2) is 49.5 Å². The first-order valence-electron chi connectivity index (χ1n) is 6.18. The van der Waals surface area contributed by atoms with E-state index in [1.165, 1.54) is 0 Å². The minimum Gasteiger partial charge on any atom is -0.378 e. The first-order chi connectivity index (χ1) is 7.38. The van der Waals surface area contributed by atoms with Gasteiger partial charge in [-0.05, 0) is 46.1 Å². The van der Waals surface area contributed by atoms with Crippen LogP contribution >= 0.6 is 0 Å². The van der Waals surface area contributed by atoms with Gasteiger partial charge >= 0.3 is 0 Å². The Hall–Kier alpha value is -0.160. The summed E-state index contributed by atoms with van der Waals surface area (Å²) in [5.74, 6) is 0. The molecule has 4 N–H and O–H groups in total. The van der Waals surface area contributed by atoms with Crippen LogP contribution in [0.5, 0.6) is 0 Å². The second kappa shape index (κ2) is 8.01. The molecular formula is C12H29N3O. The van der Waals surface area contributed by atoms with E-state index in [9.17, 15) is 5.11 Å². The standard InChI is InChI=1S/C12H29N3O/c1-12(2,3)11(16)14-8-6-10-15(4)9-5-7-13/h11,14,16H,5-10,13H2,1-4H3. The maximum atomic E-state index is 9.75. The molecule has 1 atom stereocenters. The van der Waals surface area contributed by atoms with Gasteiger partial charge in [-0.1, -0.05) is 20.8 Å². The molecule has 0 aromatic carbocycles. The summed E-state index contributed by atoms with van der Waals surface area (Å²) in [6.07, 6.45) is 1.67. The van der Waals surface area contributed by atoms with Crippen LogP contribution in [0.15, 0.2) is 0 Å². The van der Waals surface area contributed by atoms with Gasteiger partial charge in [0.1, 0.15) is 6.23 Å². The summed E-state index contributed by atoms with van der Waals surface area (Å²) in [6.45, 7) is 9.78. The van der Waals surface area contributed by atoms with Crippen molar-refractivity contribution < 1.29 is 5.11 Å². The third-order valence-electron chi connectivity index (χ3n) is 2.62. The second-order valence-electron chi connectivity index (χ2n) is 5.52. The van der Waals surface area contributed by atoms with Gasteiger partial charge in [-0.3, -0.25) is 5.32 Å². The first-order valence-corrected chi connectivity index (χ1v) is 6.18. The summed E-state index contributed by atoms with van der Waals surface area (Å²) < 4.78 is 0. The van der Waals surface area contributed by atoms with Crippen molar-refractivity contribution in [2.45, 2.75) is 39.8 Å². The largest absolute Gasteiger partial charge is 0.378 e. The van der Waals surface area contributed by atoms with Gasteiger partial charge in [-0.25, -0.2) is 0 Å². The molecule has 4 nitrogen and oxygen atoms in total. The number of nitrogens with two attached hydrogens (primary N) is 1. The van der Waals surface area contributed by atoms with Crippen molar-refractivity contribution in [2.75, 3.05) is 33.2 Å². The lowest BCUT2D eigenvalue weighted by Gasteiger charge is -2.27.